The maximum absolute atomic E-state index is 11.7. The van der Waals surface area contributed by atoms with Crippen molar-refractivity contribution in [3.63, 3.8) is 0 Å². The average Bonchev–Trinajstić information content (AvgIpc) is 2.41. The molecule has 0 bridgehead atoms. The summed E-state index contributed by atoms with van der Waals surface area (Å²) < 4.78 is 5.03. The summed E-state index contributed by atoms with van der Waals surface area (Å²) in [6.45, 7) is 9.52. The Labute approximate surface area is 158 Å². The molecule has 0 aliphatic carbocycles. The number of hydrogen-bond donors (Lipinski definition) is 3. The van der Waals surface area contributed by atoms with E-state index in [9.17, 15) is 4.79 Å². The van der Waals surface area contributed by atoms with Crippen molar-refractivity contribution in [2.24, 2.45) is 4.99 Å². The van der Waals surface area contributed by atoms with E-state index >= 15 is 0 Å². The number of carbonyl (C=O) groups excluding carboxylic acids is 1. The first-order valence-corrected chi connectivity index (χ1v) is 7.71. The van der Waals surface area contributed by atoms with Crippen molar-refractivity contribution in [1.82, 2.24) is 20.9 Å². The molecule has 0 aromatic heterocycles. The summed E-state index contributed by atoms with van der Waals surface area (Å²) in [5, 5.41) is 9.10. The number of ether oxygens (including phenoxy) is 1. The second-order valence-electron chi connectivity index (χ2n) is 6.30. The molecule has 0 aromatic rings. The molecule has 8 heteroatoms. The Morgan fingerprint density at radius 1 is 1.22 bits per heavy atom. The highest BCUT2D eigenvalue weighted by Crippen LogP contribution is 1.97. The molecule has 0 atom stereocenters. The van der Waals surface area contributed by atoms with Gasteiger partial charge in [0.15, 0.2) is 5.96 Å². The van der Waals surface area contributed by atoms with Gasteiger partial charge in [-0.25, -0.2) is 0 Å². The van der Waals surface area contributed by atoms with Gasteiger partial charge in [0.25, 0.3) is 0 Å². The fraction of sp³-hybridized carbons (Fsp3) is 0.867. The lowest BCUT2D eigenvalue weighted by Gasteiger charge is -2.21. The predicted octanol–water partition coefficient (Wildman–Crippen LogP) is 0.652. The van der Waals surface area contributed by atoms with Gasteiger partial charge in [0.2, 0.25) is 5.91 Å². The Bertz CT molecular complexity index is 345. The Hall–Kier alpha value is -0.610. The third kappa shape index (κ3) is 16.0. The van der Waals surface area contributed by atoms with E-state index in [4.69, 9.17) is 4.74 Å². The van der Waals surface area contributed by atoms with Crippen molar-refractivity contribution in [3.8, 4) is 0 Å². The number of likely N-dealkylation sites (N-methyl/N-ethyl adjacent to an activating group) is 1. The molecule has 138 valence electrons. The second kappa shape index (κ2) is 13.8. The molecule has 0 rings (SSSR count). The van der Waals surface area contributed by atoms with Crippen LogP contribution in [0.4, 0.5) is 0 Å². The number of carbonyl (C=O) groups is 1. The Morgan fingerprint density at radius 2 is 1.87 bits per heavy atom. The summed E-state index contributed by atoms with van der Waals surface area (Å²) in [5.41, 5.74) is -0.222. The number of rotatable bonds is 9. The van der Waals surface area contributed by atoms with Crippen molar-refractivity contribution in [1.29, 1.82) is 0 Å². The molecule has 0 heterocycles. The van der Waals surface area contributed by atoms with Crippen molar-refractivity contribution in [2.75, 3.05) is 54.0 Å². The Balaban J connectivity index is 0. The average molecular weight is 443 g/mol. The van der Waals surface area contributed by atoms with Gasteiger partial charge in [0.1, 0.15) is 0 Å². The molecule has 0 radical (unpaired) electrons. The van der Waals surface area contributed by atoms with Gasteiger partial charge in [-0.15, -0.1) is 24.0 Å². The second-order valence-corrected chi connectivity index (χ2v) is 6.30. The van der Waals surface area contributed by atoms with Gasteiger partial charge < -0.3 is 25.6 Å². The minimum atomic E-state index is -0.222. The molecular weight excluding hydrogens is 409 g/mol. The van der Waals surface area contributed by atoms with Gasteiger partial charge >= 0.3 is 0 Å². The van der Waals surface area contributed by atoms with Crippen LogP contribution in [-0.2, 0) is 9.53 Å². The zero-order valence-corrected chi connectivity index (χ0v) is 17.7. The summed E-state index contributed by atoms with van der Waals surface area (Å²) in [5.74, 6) is 0.585. The molecule has 0 aliphatic rings. The summed E-state index contributed by atoms with van der Waals surface area (Å²) in [4.78, 5) is 18.1. The van der Waals surface area contributed by atoms with E-state index in [2.05, 4.69) is 32.9 Å². The van der Waals surface area contributed by atoms with E-state index in [0.29, 0.717) is 5.96 Å². The number of hydrogen-bond acceptors (Lipinski definition) is 4. The van der Waals surface area contributed by atoms with Crippen LogP contribution in [0.1, 0.15) is 27.2 Å². The highest BCUT2D eigenvalue weighted by atomic mass is 127. The van der Waals surface area contributed by atoms with E-state index in [1.54, 1.807) is 14.2 Å². The van der Waals surface area contributed by atoms with Crippen molar-refractivity contribution in [3.05, 3.63) is 0 Å². The third-order valence-corrected chi connectivity index (χ3v) is 2.83. The van der Waals surface area contributed by atoms with Gasteiger partial charge in [-0.3, -0.25) is 9.79 Å². The fourth-order valence-electron chi connectivity index (χ4n) is 1.80. The largest absolute Gasteiger partial charge is 0.385 e. The van der Waals surface area contributed by atoms with Crippen molar-refractivity contribution in [2.45, 2.75) is 32.7 Å². The minimum Gasteiger partial charge on any atom is -0.385 e. The van der Waals surface area contributed by atoms with Gasteiger partial charge in [-0.05, 0) is 34.2 Å². The first kappa shape index (κ1) is 24.6. The summed E-state index contributed by atoms with van der Waals surface area (Å²) in [7, 11) is 5.48. The molecule has 0 fully saturated rings. The van der Waals surface area contributed by atoms with Crippen LogP contribution in [0.2, 0.25) is 0 Å². The zero-order chi connectivity index (χ0) is 17.0. The molecule has 1 amide bonds. The maximum atomic E-state index is 11.7. The summed E-state index contributed by atoms with van der Waals surface area (Å²) in [6, 6.07) is 0. The van der Waals surface area contributed by atoms with Gasteiger partial charge in [-0.1, -0.05) is 0 Å². The van der Waals surface area contributed by atoms with E-state index in [0.717, 1.165) is 32.7 Å². The standard InChI is InChI=1S/C15H33N5O2.HI/c1-15(2,3)19-13(21)12-18-14(16-4)17-8-10-20(5)9-7-11-22-6;/h7-12H2,1-6H3,(H,19,21)(H2,16,17,18);1H. The maximum Gasteiger partial charge on any atom is 0.239 e. The molecule has 0 saturated carbocycles. The first-order valence-electron chi connectivity index (χ1n) is 7.71. The number of amides is 1. The van der Waals surface area contributed by atoms with Crippen molar-refractivity contribution < 1.29 is 9.53 Å². The van der Waals surface area contributed by atoms with Crippen LogP contribution in [0.25, 0.3) is 0 Å². The minimum absolute atomic E-state index is 0. The number of halogens is 1. The van der Waals surface area contributed by atoms with Crippen LogP contribution in [0, 0.1) is 0 Å². The Kier molecular flexibility index (Phi) is 14.8. The molecule has 0 saturated heterocycles. The van der Waals surface area contributed by atoms with E-state index in [1.165, 1.54) is 0 Å². The number of nitrogens with one attached hydrogen (secondary N) is 3. The molecule has 3 N–H and O–H groups in total. The first-order chi connectivity index (χ1) is 10.3. The molecule has 23 heavy (non-hydrogen) atoms. The molecule has 0 aromatic carbocycles. The van der Waals surface area contributed by atoms with Crippen LogP contribution in [0.3, 0.4) is 0 Å². The van der Waals surface area contributed by atoms with Gasteiger partial charge in [0, 0.05) is 45.9 Å². The fourth-order valence-corrected chi connectivity index (χ4v) is 1.80. The van der Waals surface area contributed by atoms with Crippen LogP contribution in [-0.4, -0.2) is 76.3 Å². The van der Waals surface area contributed by atoms with Crippen LogP contribution < -0.4 is 16.0 Å². The van der Waals surface area contributed by atoms with E-state index < -0.39 is 0 Å². The highest BCUT2D eigenvalue weighted by Gasteiger charge is 2.13. The van der Waals surface area contributed by atoms with Crippen LogP contribution in [0.5, 0.6) is 0 Å². The monoisotopic (exact) mass is 443 g/mol. The lowest BCUT2D eigenvalue weighted by molar-refractivity contribution is -0.121. The summed E-state index contributed by atoms with van der Waals surface area (Å²) in [6.07, 6.45) is 1.02. The highest BCUT2D eigenvalue weighted by molar-refractivity contribution is 14.0. The van der Waals surface area contributed by atoms with E-state index in [-0.39, 0.29) is 42.0 Å². The lowest BCUT2D eigenvalue weighted by Crippen LogP contribution is -2.48. The zero-order valence-electron chi connectivity index (χ0n) is 15.4. The smallest absolute Gasteiger partial charge is 0.239 e. The molecule has 7 nitrogen and oxygen atoms in total. The number of aliphatic imine (C=N–C) groups is 1. The lowest BCUT2D eigenvalue weighted by atomic mass is 10.1. The predicted molar refractivity (Wildman–Crippen MR) is 107 cm³/mol. The molecule has 0 aliphatic heterocycles. The van der Waals surface area contributed by atoms with Gasteiger partial charge in [-0.2, -0.15) is 0 Å². The van der Waals surface area contributed by atoms with Gasteiger partial charge in [0.05, 0.1) is 6.54 Å². The third-order valence-electron chi connectivity index (χ3n) is 2.83. The number of nitrogens with zero attached hydrogens (tertiary/aromatic N) is 2. The van der Waals surface area contributed by atoms with Crippen LogP contribution >= 0.6 is 24.0 Å². The number of guanidine groups is 1. The van der Waals surface area contributed by atoms with Crippen molar-refractivity contribution >= 4 is 35.8 Å². The topological polar surface area (TPSA) is 78.0 Å². The molecular formula is C15H34IN5O2. The van der Waals surface area contributed by atoms with Crippen LogP contribution in [0.15, 0.2) is 4.99 Å². The number of methoxy groups -OCH3 is 1. The molecule has 0 unspecified atom stereocenters. The summed E-state index contributed by atoms with van der Waals surface area (Å²) >= 11 is 0. The van der Waals surface area contributed by atoms with E-state index in [1.807, 2.05) is 20.8 Å². The Morgan fingerprint density at radius 3 is 2.39 bits per heavy atom. The normalized spacial score (nSPS) is 11.9. The quantitative estimate of drug-likeness (QED) is 0.211. The molecule has 0 spiro atoms. The SMILES string of the molecule is CN=C(NCCN(C)CCCOC)NCC(=O)NC(C)(C)C.I.